The topological polar surface area (TPSA) is 37.4 Å². The largest absolute Gasteiger partial charge is 1.00 e. The second-order valence-electron chi connectivity index (χ2n) is 5.31. The fourth-order valence-corrected chi connectivity index (χ4v) is 2.32. The molecule has 0 amide bonds. The zero-order chi connectivity index (χ0) is 14.7. The Kier molecular flexibility index (Phi) is 17.9. The standard InChI is InChI=1S/3C4H10NO.Al.Na.H/c3*1-5(2)3-4-6;;;/h3*3-4H2,1-2H3;;;/q3*-1;+3;+1;-1. The van der Waals surface area contributed by atoms with Crippen LogP contribution < -0.4 is 29.6 Å². The van der Waals surface area contributed by atoms with Crippen LogP contribution in [0.4, 0.5) is 0 Å². The fraction of sp³-hybridized carbons (Fsp3) is 1.00. The molecule has 0 aromatic heterocycles. The smallest absolute Gasteiger partial charge is 1.00 e. The Morgan fingerprint density at radius 1 is 0.650 bits per heavy atom. The van der Waals surface area contributed by atoms with E-state index in [1.54, 1.807) is 0 Å². The van der Waals surface area contributed by atoms with Crippen LogP contribution in [0.25, 0.3) is 0 Å². The third-order valence-electron chi connectivity index (χ3n) is 2.38. The van der Waals surface area contributed by atoms with E-state index in [0.717, 1.165) is 19.6 Å². The predicted molar refractivity (Wildman–Crippen MR) is 80.4 cm³/mol. The molecule has 0 aliphatic rings. The van der Waals surface area contributed by atoms with E-state index in [9.17, 15) is 0 Å². The summed E-state index contributed by atoms with van der Waals surface area (Å²) in [5, 5.41) is 0. The van der Waals surface area contributed by atoms with Gasteiger partial charge < -0.3 is 27.5 Å². The average molecular weight is 315 g/mol. The van der Waals surface area contributed by atoms with E-state index in [2.05, 4.69) is 14.7 Å². The third kappa shape index (κ3) is 17.3. The predicted octanol–water partition coefficient (Wildman–Crippen LogP) is -3.18. The molecule has 0 saturated carbocycles. The molecule has 0 aromatic rings. The van der Waals surface area contributed by atoms with E-state index >= 15 is 0 Å². The maximum atomic E-state index is 5.73. The minimum atomic E-state index is -1.99. The molecule has 0 spiro atoms. The van der Waals surface area contributed by atoms with Crippen LogP contribution in [-0.4, -0.2) is 112 Å². The quantitative estimate of drug-likeness (QED) is 0.354. The van der Waals surface area contributed by atoms with Crippen molar-refractivity contribution in [1.29, 1.82) is 0 Å². The van der Waals surface area contributed by atoms with Crippen LogP contribution in [0.15, 0.2) is 0 Å². The van der Waals surface area contributed by atoms with Gasteiger partial charge in [0.05, 0.1) is 0 Å². The SMILES string of the molecule is CN(C)CC[O][Al]([O]CCN(C)C)[O]CCN(C)C.[H-].[Na+]. The van der Waals surface area contributed by atoms with Crippen LogP contribution >= 0.6 is 0 Å². The summed E-state index contributed by atoms with van der Waals surface area (Å²) in [7, 11) is 12.2. The van der Waals surface area contributed by atoms with Gasteiger partial charge in [0, 0.05) is 39.5 Å². The average Bonchev–Trinajstić information content (AvgIpc) is 2.26. The number of likely N-dealkylation sites (N-methyl/N-ethyl adjacent to an activating group) is 3. The van der Waals surface area contributed by atoms with E-state index in [0.29, 0.717) is 19.8 Å². The maximum absolute atomic E-state index is 5.73. The second-order valence-corrected chi connectivity index (χ2v) is 6.89. The summed E-state index contributed by atoms with van der Waals surface area (Å²) < 4.78 is 17.2. The molecule has 0 unspecified atom stereocenters. The maximum Gasteiger partial charge on any atom is 1.00 e. The van der Waals surface area contributed by atoms with E-state index in [-0.39, 0.29) is 31.0 Å². The van der Waals surface area contributed by atoms with Crippen LogP contribution in [-0.2, 0) is 11.4 Å². The number of nitrogens with zero attached hydrogens (tertiary/aromatic N) is 3. The van der Waals surface area contributed by atoms with Gasteiger partial charge in [0.2, 0.25) is 0 Å². The van der Waals surface area contributed by atoms with Crippen LogP contribution in [0.3, 0.4) is 0 Å². The molecule has 6 nitrogen and oxygen atoms in total. The van der Waals surface area contributed by atoms with E-state index in [4.69, 9.17) is 11.4 Å². The molecule has 0 fully saturated rings. The number of hydrogen-bond acceptors (Lipinski definition) is 6. The molecule has 0 heterocycles. The molecule has 0 bridgehead atoms. The van der Waals surface area contributed by atoms with Crippen molar-refractivity contribution >= 4 is 15.1 Å². The van der Waals surface area contributed by atoms with Crippen LogP contribution in [0.5, 0.6) is 0 Å². The first kappa shape index (κ1) is 23.6. The van der Waals surface area contributed by atoms with Crippen molar-refractivity contribution in [2.75, 3.05) is 81.7 Å². The zero-order valence-corrected chi connectivity index (χ0v) is 17.5. The van der Waals surface area contributed by atoms with Crippen molar-refractivity contribution in [3.05, 3.63) is 0 Å². The summed E-state index contributed by atoms with van der Waals surface area (Å²) in [6.45, 7) is 4.64. The summed E-state index contributed by atoms with van der Waals surface area (Å²) in [5.74, 6) is 0. The number of hydrogen-bond donors (Lipinski definition) is 0. The Morgan fingerprint density at radius 3 is 1.10 bits per heavy atom. The van der Waals surface area contributed by atoms with Gasteiger partial charge in [-0.2, -0.15) is 0 Å². The van der Waals surface area contributed by atoms with E-state index in [1.165, 1.54) is 0 Å². The Hall–Kier alpha value is 1.29. The molecule has 0 aliphatic heterocycles. The first-order valence-corrected chi connectivity index (χ1v) is 8.12. The molecule has 0 aromatic carbocycles. The molecule has 0 saturated heterocycles. The summed E-state index contributed by atoms with van der Waals surface area (Å²) >= 11 is -1.99. The molecule has 116 valence electrons. The fourth-order valence-electron chi connectivity index (χ4n) is 1.14. The molecule has 0 radical (unpaired) electrons. The van der Waals surface area contributed by atoms with Crippen LogP contribution in [0, 0.1) is 0 Å². The first-order valence-electron chi connectivity index (χ1n) is 6.71. The molecule has 0 aliphatic carbocycles. The van der Waals surface area contributed by atoms with Gasteiger partial charge >= 0.3 is 44.7 Å². The Bertz CT molecular complexity index is 185. The minimum Gasteiger partial charge on any atom is -1.00 e. The molecule has 20 heavy (non-hydrogen) atoms. The zero-order valence-electron chi connectivity index (χ0n) is 15.4. The molecule has 0 N–H and O–H groups in total. The summed E-state index contributed by atoms with van der Waals surface area (Å²) in [4.78, 5) is 6.27. The normalized spacial score (nSPS) is 11.2. The van der Waals surface area contributed by atoms with Gasteiger partial charge in [0.15, 0.2) is 0 Å². The van der Waals surface area contributed by atoms with Gasteiger partial charge in [-0.05, 0) is 42.3 Å². The van der Waals surface area contributed by atoms with Crippen LogP contribution in [0.2, 0.25) is 0 Å². The summed E-state index contributed by atoms with van der Waals surface area (Å²) in [6.07, 6.45) is 0. The summed E-state index contributed by atoms with van der Waals surface area (Å²) in [6, 6.07) is 0. The Morgan fingerprint density at radius 2 is 0.900 bits per heavy atom. The summed E-state index contributed by atoms with van der Waals surface area (Å²) in [5.41, 5.74) is 0. The first-order chi connectivity index (χ1) is 8.91. The monoisotopic (exact) mass is 315 g/mol. The number of rotatable bonds is 12. The molecule has 0 rings (SSSR count). The van der Waals surface area contributed by atoms with Crippen molar-refractivity contribution < 1.29 is 42.3 Å². The molecule has 0 atom stereocenters. The van der Waals surface area contributed by atoms with Gasteiger partial charge in [0.1, 0.15) is 0 Å². The van der Waals surface area contributed by atoms with Crippen LogP contribution in [0.1, 0.15) is 1.43 Å². The van der Waals surface area contributed by atoms with Gasteiger partial charge in [-0.3, -0.25) is 0 Å². The minimum absolute atomic E-state index is 0. The van der Waals surface area contributed by atoms with E-state index in [1.807, 2.05) is 42.3 Å². The third-order valence-corrected chi connectivity index (χ3v) is 3.90. The van der Waals surface area contributed by atoms with Gasteiger partial charge in [-0.1, -0.05) is 0 Å². The Labute approximate surface area is 153 Å². The van der Waals surface area contributed by atoms with Crippen molar-refractivity contribution in [2.24, 2.45) is 0 Å². The molecule has 8 heteroatoms. The Balaban J connectivity index is -0.00000162. The molecular formula is C12H31AlN3NaO3. The van der Waals surface area contributed by atoms with E-state index < -0.39 is 15.1 Å². The molecular weight excluding hydrogens is 284 g/mol. The van der Waals surface area contributed by atoms with Gasteiger partial charge in [-0.15, -0.1) is 0 Å². The van der Waals surface area contributed by atoms with Crippen molar-refractivity contribution in [3.63, 3.8) is 0 Å². The van der Waals surface area contributed by atoms with Crippen molar-refractivity contribution in [3.8, 4) is 0 Å². The second kappa shape index (κ2) is 15.2. The van der Waals surface area contributed by atoms with Gasteiger partial charge in [-0.25, -0.2) is 0 Å². The van der Waals surface area contributed by atoms with Crippen molar-refractivity contribution in [1.82, 2.24) is 14.7 Å². The van der Waals surface area contributed by atoms with Gasteiger partial charge in [0.25, 0.3) is 0 Å². The van der Waals surface area contributed by atoms with Crippen molar-refractivity contribution in [2.45, 2.75) is 0 Å².